The highest BCUT2D eigenvalue weighted by molar-refractivity contribution is 14.1. The van der Waals surface area contributed by atoms with E-state index in [1.807, 2.05) is 12.1 Å². The fraction of sp³-hybridized carbons (Fsp3) is 0.571. The van der Waals surface area contributed by atoms with Gasteiger partial charge in [-0.1, -0.05) is 38.8 Å². The first-order valence-corrected chi connectivity index (χ1v) is 7.74. The monoisotopic (exact) mass is 365 g/mol. The topological polar surface area (TPSA) is 12.0 Å². The molecule has 0 fully saturated rings. The normalized spacial score (nSPS) is 14.4. The summed E-state index contributed by atoms with van der Waals surface area (Å²) in [7, 11) is 0. The van der Waals surface area contributed by atoms with Crippen LogP contribution >= 0.6 is 34.2 Å². The van der Waals surface area contributed by atoms with Crippen LogP contribution in [0.5, 0.6) is 0 Å². The molecule has 96 valence electrons. The van der Waals surface area contributed by atoms with E-state index in [1.54, 1.807) is 0 Å². The van der Waals surface area contributed by atoms with Crippen molar-refractivity contribution in [1.82, 2.24) is 0 Å². The molecule has 1 aromatic rings. The predicted octanol–water partition coefficient (Wildman–Crippen LogP) is 5.57. The van der Waals surface area contributed by atoms with E-state index in [9.17, 15) is 0 Å². The van der Waals surface area contributed by atoms with E-state index in [4.69, 9.17) is 11.6 Å². The Hall–Kier alpha value is 0.0400. The summed E-state index contributed by atoms with van der Waals surface area (Å²) in [6.45, 7) is 6.81. The van der Waals surface area contributed by atoms with Gasteiger partial charge < -0.3 is 5.32 Å². The summed E-state index contributed by atoms with van der Waals surface area (Å²) in [5.74, 6) is 0.775. The second-order valence-corrected chi connectivity index (χ2v) is 6.22. The van der Waals surface area contributed by atoms with Crippen molar-refractivity contribution in [2.24, 2.45) is 5.92 Å². The molecule has 1 aromatic carbocycles. The lowest BCUT2D eigenvalue weighted by Gasteiger charge is -2.22. The molecule has 2 unspecified atom stereocenters. The third-order valence-electron chi connectivity index (χ3n) is 3.17. The molecule has 2 atom stereocenters. The third kappa shape index (κ3) is 5.04. The van der Waals surface area contributed by atoms with Crippen LogP contribution < -0.4 is 5.32 Å². The summed E-state index contributed by atoms with van der Waals surface area (Å²) in [4.78, 5) is 0. The fourth-order valence-electron chi connectivity index (χ4n) is 1.81. The van der Waals surface area contributed by atoms with Crippen LogP contribution in [0.25, 0.3) is 0 Å². The van der Waals surface area contributed by atoms with Gasteiger partial charge in [-0.3, -0.25) is 0 Å². The maximum atomic E-state index is 5.96. The SMILES string of the molecule is CCC(C)CC(CC)Nc1ccc(Cl)cc1I. The highest BCUT2D eigenvalue weighted by Gasteiger charge is 2.11. The summed E-state index contributed by atoms with van der Waals surface area (Å²) >= 11 is 8.29. The van der Waals surface area contributed by atoms with E-state index in [-0.39, 0.29) is 0 Å². The molecule has 0 saturated heterocycles. The van der Waals surface area contributed by atoms with Crippen molar-refractivity contribution >= 4 is 39.9 Å². The highest BCUT2D eigenvalue weighted by Crippen LogP contribution is 2.25. The van der Waals surface area contributed by atoms with E-state index < -0.39 is 0 Å². The van der Waals surface area contributed by atoms with Gasteiger partial charge in [-0.05, 0) is 59.5 Å². The fourth-order valence-corrected chi connectivity index (χ4v) is 2.83. The highest BCUT2D eigenvalue weighted by atomic mass is 127. The Bertz CT molecular complexity index is 354. The molecule has 0 spiro atoms. The molecule has 1 N–H and O–H groups in total. The number of nitrogens with one attached hydrogen (secondary N) is 1. The lowest BCUT2D eigenvalue weighted by atomic mass is 9.97. The lowest BCUT2D eigenvalue weighted by molar-refractivity contribution is 0.461. The summed E-state index contributed by atoms with van der Waals surface area (Å²) in [5, 5.41) is 4.42. The van der Waals surface area contributed by atoms with Crippen molar-refractivity contribution in [3.8, 4) is 0 Å². The molecular weight excluding hydrogens is 345 g/mol. The molecule has 0 heterocycles. The molecule has 0 radical (unpaired) electrons. The molecule has 0 aliphatic carbocycles. The Labute approximate surface area is 123 Å². The van der Waals surface area contributed by atoms with E-state index in [0.717, 1.165) is 17.4 Å². The van der Waals surface area contributed by atoms with Gasteiger partial charge in [0.15, 0.2) is 0 Å². The zero-order chi connectivity index (χ0) is 12.8. The quantitative estimate of drug-likeness (QED) is 0.650. The molecule has 0 aliphatic rings. The molecule has 17 heavy (non-hydrogen) atoms. The molecular formula is C14H21ClIN. The van der Waals surface area contributed by atoms with Crippen LogP contribution in [0.1, 0.15) is 40.0 Å². The van der Waals surface area contributed by atoms with Gasteiger partial charge in [-0.2, -0.15) is 0 Å². The first kappa shape index (κ1) is 15.1. The van der Waals surface area contributed by atoms with Crippen LogP contribution in [0.4, 0.5) is 5.69 Å². The molecule has 0 bridgehead atoms. The summed E-state index contributed by atoms with van der Waals surface area (Å²) in [6.07, 6.45) is 3.63. The number of hydrogen-bond acceptors (Lipinski definition) is 1. The van der Waals surface area contributed by atoms with Gasteiger partial charge in [0.05, 0.1) is 0 Å². The van der Waals surface area contributed by atoms with Crippen molar-refractivity contribution in [2.45, 2.75) is 46.1 Å². The number of anilines is 1. The van der Waals surface area contributed by atoms with Crippen molar-refractivity contribution in [1.29, 1.82) is 0 Å². The van der Waals surface area contributed by atoms with Gasteiger partial charge in [0.2, 0.25) is 0 Å². The Morgan fingerprint density at radius 1 is 1.29 bits per heavy atom. The first-order chi connectivity index (χ1) is 8.06. The third-order valence-corrected chi connectivity index (χ3v) is 4.29. The smallest absolute Gasteiger partial charge is 0.0479 e. The lowest BCUT2D eigenvalue weighted by Crippen LogP contribution is -2.21. The molecule has 1 nitrogen and oxygen atoms in total. The van der Waals surface area contributed by atoms with Crippen LogP contribution in [0.3, 0.4) is 0 Å². The largest absolute Gasteiger partial charge is 0.381 e. The molecule has 0 aliphatic heterocycles. The second-order valence-electron chi connectivity index (χ2n) is 4.62. The van der Waals surface area contributed by atoms with Crippen LogP contribution in [-0.2, 0) is 0 Å². The number of halogens is 2. The maximum Gasteiger partial charge on any atom is 0.0479 e. The average Bonchev–Trinajstić information content (AvgIpc) is 2.31. The zero-order valence-corrected chi connectivity index (χ0v) is 13.7. The van der Waals surface area contributed by atoms with Crippen molar-refractivity contribution in [2.75, 3.05) is 5.32 Å². The molecule has 0 aromatic heterocycles. The Morgan fingerprint density at radius 2 is 2.00 bits per heavy atom. The minimum absolute atomic E-state index is 0.555. The van der Waals surface area contributed by atoms with E-state index in [1.165, 1.54) is 22.1 Å². The first-order valence-electron chi connectivity index (χ1n) is 6.28. The van der Waals surface area contributed by atoms with Crippen LogP contribution in [0.2, 0.25) is 5.02 Å². The van der Waals surface area contributed by atoms with Gasteiger partial charge in [0.1, 0.15) is 0 Å². The Morgan fingerprint density at radius 3 is 2.53 bits per heavy atom. The van der Waals surface area contributed by atoms with Gasteiger partial charge in [0.25, 0.3) is 0 Å². The summed E-state index contributed by atoms with van der Waals surface area (Å²) < 4.78 is 1.19. The summed E-state index contributed by atoms with van der Waals surface area (Å²) in [5.41, 5.74) is 1.20. The van der Waals surface area contributed by atoms with Gasteiger partial charge in [-0.15, -0.1) is 0 Å². The van der Waals surface area contributed by atoms with Crippen LogP contribution in [0, 0.1) is 9.49 Å². The summed E-state index contributed by atoms with van der Waals surface area (Å²) in [6, 6.07) is 6.57. The molecule has 3 heteroatoms. The van der Waals surface area contributed by atoms with Crippen molar-refractivity contribution < 1.29 is 0 Å². The number of hydrogen-bond donors (Lipinski definition) is 1. The Kier molecular flexibility index (Phi) is 6.63. The zero-order valence-electron chi connectivity index (χ0n) is 10.8. The van der Waals surface area contributed by atoms with Gasteiger partial charge in [0, 0.05) is 20.3 Å². The standard InChI is InChI=1S/C14H21ClIN/c1-4-10(3)8-12(5-2)17-14-7-6-11(15)9-13(14)16/h6-7,9-10,12,17H,4-5,8H2,1-3H3. The maximum absolute atomic E-state index is 5.96. The average molecular weight is 366 g/mol. The van der Waals surface area contributed by atoms with E-state index in [2.05, 4.69) is 54.7 Å². The van der Waals surface area contributed by atoms with Crippen molar-refractivity contribution in [3.05, 3.63) is 26.8 Å². The van der Waals surface area contributed by atoms with E-state index >= 15 is 0 Å². The molecule has 0 saturated carbocycles. The number of benzene rings is 1. The van der Waals surface area contributed by atoms with Crippen molar-refractivity contribution in [3.63, 3.8) is 0 Å². The van der Waals surface area contributed by atoms with E-state index in [0.29, 0.717) is 6.04 Å². The Balaban J connectivity index is 2.67. The number of rotatable bonds is 6. The minimum atomic E-state index is 0.555. The van der Waals surface area contributed by atoms with Gasteiger partial charge >= 0.3 is 0 Å². The van der Waals surface area contributed by atoms with Crippen LogP contribution in [0.15, 0.2) is 18.2 Å². The van der Waals surface area contributed by atoms with Gasteiger partial charge in [-0.25, -0.2) is 0 Å². The second kappa shape index (κ2) is 7.47. The molecule has 1 rings (SSSR count). The minimum Gasteiger partial charge on any atom is -0.381 e. The predicted molar refractivity (Wildman–Crippen MR) is 85.9 cm³/mol. The molecule has 0 amide bonds. The van der Waals surface area contributed by atoms with Crippen LogP contribution in [-0.4, -0.2) is 6.04 Å².